The van der Waals surface area contributed by atoms with Gasteiger partial charge in [-0.2, -0.15) is 0 Å². The van der Waals surface area contributed by atoms with Crippen LogP contribution in [-0.2, 0) is 0 Å². The van der Waals surface area contributed by atoms with E-state index in [1.807, 2.05) is 6.92 Å². The lowest BCUT2D eigenvalue weighted by molar-refractivity contribution is 0.173. The molecule has 0 aromatic heterocycles. The molecule has 118 valence electrons. The summed E-state index contributed by atoms with van der Waals surface area (Å²) in [5, 5.41) is 9.93. The number of nitrogens with zero attached hydrogens (tertiary/aromatic N) is 1. The molecule has 1 atom stereocenters. The second-order valence-electron chi connectivity index (χ2n) is 6.83. The van der Waals surface area contributed by atoms with Crippen molar-refractivity contribution < 1.29 is 5.11 Å². The van der Waals surface area contributed by atoms with E-state index in [9.17, 15) is 5.11 Å². The van der Waals surface area contributed by atoms with Crippen LogP contribution in [0.3, 0.4) is 0 Å². The third-order valence-corrected chi connectivity index (χ3v) is 4.71. The van der Waals surface area contributed by atoms with Crippen LogP contribution in [0.2, 0.25) is 0 Å². The van der Waals surface area contributed by atoms with E-state index in [0.29, 0.717) is 6.04 Å². The fraction of sp³-hybridized carbons (Fsp3) is 0.684. The molecule has 1 N–H and O–H groups in total. The molecule has 2 rings (SSSR count). The van der Waals surface area contributed by atoms with E-state index in [0.717, 1.165) is 24.4 Å². The van der Waals surface area contributed by atoms with Gasteiger partial charge in [0.15, 0.2) is 0 Å². The Bertz CT molecular complexity index is 406. The van der Waals surface area contributed by atoms with Gasteiger partial charge in [-0.1, -0.05) is 45.7 Å². The summed E-state index contributed by atoms with van der Waals surface area (Å²) in [4.78, 5) is 2.61. The zero-order chi connectivity index (χ0) is 15.2. The molecule has 0 spiro atoms. The number of anilines is 1. The maximum Gasteiger partial charge on any atom is 0.0787 e. The Morgan fingerprint density at radius 3 is 2.29 bits per heavy atom. The molecular formula is C19H31NO. The standard InChI is InChI=1S/C19H31NO/c1-4-19(21)16-9-11-18(12-10-16)20(14-13-15(2)3)17-7-5-6-8-17/h9-12,15,17,19,21H,4-8,13-14H2,1-3H3. The molecule has 1 unspecified atom stereocenters. The van der Waals surface area contributed by atoms with Gasteiger partial charge < -0.3 is 10.0 Å². The molecule has 0 heterocycles. The van der Waals surface area contributed by atoms with Gasteiger partial charge in [0.05, 0.1) is 6.10 Å². The number of rotatable bonds is 7. The van der Waals surface area contributed by atoms with Crippen molar-refractivity contribution >= 4 is 5.69 Å². The molecule has 1 fully saturated rings. The van der Waals surface area contributed by atoms with E-state index in [-0.39, 0.29) is 6.10 Å². The van der Waals surface area contributed by atoms with Crippen LogP contribution in [0.5, 0.6) is 0 Å². The van der Waals surface area contributed by atoms with E-state index in [1.54, 1.807) is 0 Å². The highest BCUT2D eigenvalue weighted by Crippen LogP contribution is 2.30. The van der Waals surface area contributed by atoms with Gasteiger partial charge in [-0.15, -0.1) is 0 Å². The predicted octanol–water partition coefficient (Wildman–Crippen LogP) is 4.93. The SMILES string of the molecule is CCC(O)c1ccc(N(CCC(C)C)C2CCCC2)cc1. The Labute approximate surface area is 130 Å². The molecular weight excluding hydrogens is 258 g/mol. The molecule has 0 amide bonds. The van der Waals surface area contributed by atoms with Crippen molar-refractivity contribution in [1.29, 1.82) is 0 Å². The zero-order valence-electron chi connectivity index (χ0n) is 13.9. The Kier molecular flexibility index (Phi) is 6.10. The number of aliphatic hydroxyl groups is 1. The van der Waals surface area contributed by atoms with Gasteiger partial charge in [0.2, 0.25) is 0 Å². The largest absolute Gasteiger partial charge is 0.388 e. The van der Waals surface area contributed by atoms with E-state index in [1.165, 1.54) is 37.8 Å². The van der Waals surface area contributed by atoms with Crippen molar-refractivity contribution in [1.82, 2.24) is 0 Å². The Morgan fingerprint density at radius 1 is 1.14 bits per heavy atom. The van der Waals surface area contributed by atoms with Crippen molar-refractivity contribution in [2.24, 2.45) is 5.92 Å². The van der Waals surface area contributed by atoms with Gasteiger partial charge in [0.1, 0.15) is 0 Å². The highest BCUT2D eigenvalue weighted by atomic mass is 16.3. The van der Waals surface area contributed by atoms with Gasteiger partial charge in [-0.05, 0) is 49.3 Å². The van der Waals surface area contributed by atoms with Crippen LogP contribution < -0.4 is 4.90 Å². The Morgan fingerprint density at radius 2 is 1.76 bits per heavy atom. The van der Waals surface area contributed by atoms with Crippen LogP contribution in [0.1, 0.15) is 71.0 Å². The zero-order valence-corrected chi connectivity index (χ0v) is 13.9. The maximum absolute atomic E-state index is 9.93. The van der Waals surface area contributed by atoms with Crippen LogP contribution in [0.15, 0.2) is 24.3 Å². The average molecular weight is 289 g/mol. The second-order valence-corrected chi connectivity index (χ2v) is 6.83. The van der Waals surface area contributed by atoms with Crippen molar-refractivity contribution in [3.8, 4) is 0 Å². The summed E-state index contributed by atoms with van der Waals surface area (Å²) in [6.07, 6.45) is 7.10. The number of benzene rings is 1. The molecule has 1 aliphatic carbocycles. The molecule has 21 heavy (non-hydrogen) atoms. The second kappa shape index (κ2) is 7.84. The summed E-state index contributed by atoms with van der Waals surface area (Å²) in [5.41, 5.74) is 2.37. The molecule has 0 radical (unpaired) electrons. The quantitative estimate of drug-likeness (QED) is 0.769. The predicted molar refractivity (Wildman–Crippen MR) is 90.7 cm³/mol. The lowest BCUT2D eigenvalue weighted by Gasteiger charge is -2.32. The first kappa shape index (κ1) is 16.4. The minimum Gasteiger partial charge on any atom is -0.388 e. The van der Waals surface area contributed by atoms with Gasteiger partial charge in [0.25, 0.3) is 0 Å². The summed E-state index contributed by atoms with van der Waals surface area (Å²) in [6.45, 7) is 7.77. The first-order valence-corrected chi connectivity index (χ1v) is 8.66. The summed E-state index contributed by atoms with van der Waals surface area (Å²) in [6, 6.07) is 9.31. The van der Waals surface area contributed by atoms with E-state index in [4.69, 9.17) is 0 Å². The fourth-order valence-corrected chi connectivity index (χ4v) is 3.26. The molecule has 2 nitrogen and oxygen atoms in total. The average Bonchev–Trinajstić information content (AvgIpc) is 3.01. The van der Waals surface area contributed by atoms with Crippen LogP contribution in [0, 0.1) is 5.92 Å². The number of hydrogen-bond donors (Lipinski definition) is 1. The van der Waals surface area contributed by atoms with E-state index < -0.39 is 0 Å². The minimum atomic E-state index is -0.324. The monoisotopic (exact) mass is 289 g/mol. The van der Waals surface area contributed by atoms with Crippen LogP contribution >= 0.6 is 0 Å². The van der Waals surface area contributed by atoms with Gasteiger partial charge in [-0.25, -0.2) is 0 Å². The smallest absolute Gasteiger partial charge is 0.0787 e. The highest BCUT2D eigenvalue weighted by Gasteiger charge is 2.23. The lowest BCUT2D eigenvalue weighted by Crippen LogP contribution is -2.34. The normalized spacial score (nSPS) is 17.4. The summed E-state index contributed by atoms with van der Waals surface area (Å²) >= 11 is 0. The molecule has 0 saturated heterocycles. The summed E-state index contributed by atoms with van der Waals surface area (Å²) in [5.74, 6) is 0.745. The molecule has 1 aromatic carbocycles. The fourth-order valence-electron chi connectivity index (χ4n) is 3.26. The Balaban J connectivity index is 2.11. The number of aliphatic hydroxyl groups excluding tert-OH is 1. The molecule has 1 saturated carbocycles. The van der Waals surface area contributed by atoms with E-state index >= 15 is 0 Å². The van der Waals surface area contributed by atoms with Crippen molar-refractivity contribution in [3.63, 3.8) is 0 Å². The molecule has 0 bridgehead atoms. The molecule has 2 heteroatoms. The van der Waals surface area contributed by atoms with E-state index in [2.05, 4.69) is 43.0 Å². The van der Waals surface area contributed by atoms with Crippen LogP contribution in [-0.4, -0.2) is 17.7 Å². The first-order valence-electron chi connectivity index (χ1n) is 8.66. The van der Waals surface area contributed by atoms with Crippen LogP contribution in [0.25, 0.3) is 0 Å². The summed E-state index contributed by atoms with van der Waals surface area (Å²) < 4.78 is 0. The van der Waals surface area contributed by atoms with Crippen molar-refractivity contribution in [3.05, 3.63) is 29.8 Å². The highest BCUT2D eigenvalue weighted by molar-refractivity contribution is 5.49. The maximum atomic E-state index is 9.93. The molecule has 1 aromatic rings. The van der Waals surface area contributed by atoms with Crippen molar-refractivity contribution in [2.45, 2.75) is 71.4 Å². The van der Waals surface area contributed by atoms with Gasteiger partial charge >= 0.3 is 0 Å². The van der Waals surface area contributed by atoms with Gasteiger partial charge in [0, 0.05) is 18.3 Å². The first-order chi connectivity index (χ1) is 10.1. The van der Waals surface area contributed by atoms with Crippen molar-refractivity contribution in [2.75, 3.05) is 11.4 Å². The lowest BCUT2D eigenvalue weighted by atomic mass is 10.0. The third-order valence-electron chi connectivity index (χ3n) is 4.71. The Hall–Kier alpha value is -1.02. The number of hydrogen-bond acceptors (Lipinski definition) is 2. The molecule has 0 aliphatic heterocycles. The third kappa shape index (κ3) is 4.47. The van der Waals surface area contributed by atoms with Crippen LogP contribution in [0.4, 0.5) is 5.69 Å². The topological polar surface area (TPSA) is 23.5 Å². The minimum absolute atomic E-state index is 0.324. The van der Waals surface area contributed by atoms with Gasteiger partial charge in [-0.3, -0.25) is 0 Å². The summed E-state index contributed by atoms with van der Waals surface area (Å²) in [7, 11) is 0. The molecule has 1 aliphatic rings.